The molecule has 2 heterocycles. The first-order valence-electron chi connectivity index (χ1n) is 6.12. The van der Waals surface area contributed by atoms with Crippen molar-refractivity contribution in [2.45, 2.75) is 12.6 Å². The molecule has 96 valence electrons. The lowest BCUT2D eigenvalue weighted by Crippen LogP contribution is -2.26. The summed E-state index contributed by atoms with van der Waals surface area (Å²) in [4.78, 5) is 2.07. The molecular weight excluding hydrogens is 240 g/mol. The molecule has 0 spiro atoms. The van der Waals surface area contributed by atoms with E-state index in [1.807, 2.05) is 42.6 Å². The summed E-state index contributed by atoms with van der Waals surface area (Å²) in [6, 6.07) is 11.9. The van der Waals surface area contributed by atoms with Gasteiger partial charge in [0.05, 0.1) is 12.4 Å². The molecule has 3 rings (SSSR count). The number of para-hydroxylation sites is 1. The van der Waals surface area contributed by atoms with Crippen LogP contribution in [0.4, 0.5) is 5.69 Å². The Morgan fingerprint density at radius 2 is 2.11 bits per heavy atom. The summed E-state index contributed by atoms with van der Waals surface area (Å²) in [5, 5.41) is 3.70. The summed E-state index contributed by atoms with van der Waals surface area (Å²) in [5.41, 5.74) is 1.07. The van der Waals surface area contributed by atoms with Crippen molar-refractivity contribution in [2.24, 2.45) is 0 Å². The minimum absolute atomic E-state index is 0.0972. The zero-order valence-electron chi connectivity index (χ0n) is 10.4. The van der Waals surface area contributed by atoms with Gasteiger partial charge in [0.1, 0.15) is 0 Å². The predicted octanol–water partition coefficient (Wildman–Crippen LogP) is 3.41. The topological polar surface area (TPSA) is 38.5 Å². The van der Waals surface area contributed by atoms with Crippen LogP contribution in [-0.2, 0) is 4.74 Å². The first-order chi connectivity index (χ1) is 9.38. The Morgan fingerprint density at radius 3 is 2.79 bits per heavy atom. The maximum Gasteiger partial charge on any atom is 0.203 e. The highest BCUT2D eigenvalue weighted by Gasteiger charge is 2.28. The van der Waals surface area contributed by atoms with Crippen LogP contribution in [0.2, 0.25) is 0 Å². The Balaban J connectivity index is 1.92. The van der Waals surface area contributed by atoms with Gasteiger partial charge in [-0.05, 0) is 12.1 Å². The molecule has 1 aliphatic rings. The van der Waals surface area contributed by atoms with Crippen LogP contribution in [-0.4, -0.2) is 11.4 Å². The second-order valence-electron chi connectivity index (χ2n) is 4.21. The smallest absolute Gasteiger partial charge is 0.203 e. The molecule has 0 bridgehead atoms. The number of hydrogen-bond donors (Lipinski definition) is 0. The van der Waals surface area contributed by atoms with Crippen LogP contribution in [0.25, 0.3) is 5.76 Å². The fraction of sp³-hybridized carbons (Fsp3) is 0.133. The normalized spacial score (nSPS) is 18.0. The maximum atomic E-state index is 5.90. The van der Waals surface area contributed by atoms with Crippen LogP contribution >= 0.6 is 0 Å². The van der Waals surface area contributed by atoms with Gasteiger partial charge in [-0.25, -0.2) is 0 Å². The van der Waals surface area contributed by atoms with Crippen LogP contribution in [0.1, 0.15) is 12.2 Å². The van der Waals surface area contributed by atoms with Crippen molar-refractivity contribution in [2.75, 3.05) is 4.90 Å². The molecule has 1 atom stereocenters. The monoisotopic (exact) mass is 254 g/mol. The van der Waals surface area contributed by atoms with Crippen molar-refractivity contribution < 1.29 is 9.26 Å². The molecule has 4 heteroatoms. The average Bonchev–Trinajstić information content (AvgIpc) is 3.08. The number of hydrogen-bond acceptors (Lipinski definition) is 4. The fourth-order valence-electron chi connectivity index (χ4n) is 2.05. The van der Waals surface area contributed by atoms with E-state index in [0.717, 1.165) is 12.1 Å². The average molecular weight is 254 g/mol. The lowest BCUT2D eigenvalue weighted by Gasteiger charge is -2.23. The summed E-state index contributed by atoms with van der Waals surface area (Å²) in [6.07, 6.45) is 6.01. The Bertz CT molecular complexity index is 575. The van der Waals surface area contributed by atoms with E-state index >= 15 is 0 Å². The van der Waals surface area contributed by atoms with Gasteiger partial charge in [-0.2, -0.15) is 0 Å². The molecule has 0 radical (unpaired) electrons. The highest BCUT2D eigenvalue weighted by Crippen LogP contribution is 2.32. The van der Waals surface area contributed by atoms with Crippen molar-refractivity contribution >= 4 is 11.4 Å². The molecule has 0 N–H and O–H groups in total. The number of nitrogens with zero attached hydrogens (tertiary/aromatic N) is 2. The molecule has 0 aliphatic carbocycles. The summed E-state index contributed by atoms with van der Waals surface area (Å²) in [5.74, 6) is 1.32. The van der Waals surface area contributed by atoms with E-state index < -0.39 is 0 Å². The lowest BCUT2D eigenvalue weighted by molar-refractivity contribution is 0.187. The van der Waals surface area contributed by atoms with Crippen molar-refractivity contribution in [3.8, 4) is 0 Å². The van der Waals surface area contributed by atoms with Crippen molar-refractivity contribution in [1.82, 2.24) is 5.16 Å². The molecular formula is C15H14N2O2. The number of rotatable bonds is 4. The van der Waals surface area contributed by atoms with Gasteiger partial charge in [-0.3, -0.25) is 0 Å². The fourth-order valence-corrected chi connectivity index (χ4v) is 2.05. The Kier molecular flexibility index (Phi) is 3.06. The van der Waals surface area contributed by atoms with Crippen LogP contribution < -0.4 is 4.90 Å². The van der Waals surface area contributed by atoms with Crippen LogP contribution in [0, 0.1) is 0 Å². The van der Waals surface area contributed by atoms with E-state index in [4.69, 9.17) is 9.26 Å². The lowest BCUT2D eigenvalue weighted by atomic mass is 10.2. The number of benzene rings is 1. The molecule has 2 aromatic rings. The summed E-state index contributed by atoms with van der Waals surface area (Å²) in [6.45, 7) is 3.77. The molecule has 1 aromatic heterocycles. The number of aromatic nitrogens is 1. The minimum Gasteiger partial charge on any atom is -0.464 e. The Labute approximate surface area is 111 Å². The van der Waals surface area contributed by atoms with E-state index in [9.17, 15) is 0 Å². The van der Waals surface area contributed by atoms with Gasteiger partial charge in [0.2, 0.25) is 5.76 Å². The van der Waals surface area contributed by atoms with Crippen LogP contribution in [0.3, 0.4) is 0 Å². The van der Waals surface area contributed by atoms with Crippen molar-refractivity contribution in [3.05, 3.63) is 67.2 Å². The minimum atomic E-state index is -0.0972. The third-order valence-corrected chi connectivity index (χ3v) is 2.93. The highest BCUT2D eigenvalue weighted by atomic mass is 16.5. The predicted molar refractivity (Wildman–Crippen MR) is 73.1 cm³/mol. The number of anilines is 1. The largest absolute Gasteiger partial charge is 0.464 e. The molecule has 0 amide bonds. The van der Waals surface area contributed by atoms with Gasteiger partial charge in [0, 0.05) is 18.2 Å². The van der Waals surface area contributed by atoms with Gasteiger partial charge in [-0.1, -0.05) is 29.4 Å². The third kappa shape index (κ3) is 2.25. The quantitative estimate of drug-likeness (QED) is 0.784. The number of ether oxygens (including phenoxy) is 1. The van der Waals surface area contributed by atoms with Gasteiger partial charge in [0.25, 0.3) is 0 Å². The summed E-state index contributed by atoms with van der Waals surface area (Å²) in [7, 11) is 0. The van der Waals surface area contributed by atoms with E-state index in [-0.39, 0.29) is 6.23 Å². The van der Waals surface area contributed by atoms with Crippen LogP contribution in [0.15, 0.2) is 66.0 Å². The van der Waals surface area contributed by atoms with Gasteiger partial charge >= 0.3 is 0 Å². The van der Waals surface area contributed by atoms with E-state index in [1.54, 1.807) is 12.3 Å². The third-order valence-electron chi connectivity index (χ3n) is 2.93. The Hall–Kier alpha value is -2.49. The Morgan fingerprint density at radius 1 is 1.26 bits per heavy atom. The molecule has 19 heavy (non-hydrogen) atoms. The molecule has 1 unspecified atom stereocenters. The van der Waals surface area contributed by atoms with Gasteiger partial charge < -0.3 is 14.2 Å². The molecule has 4 nitrogen and oxygen atoms in total. The zero-order chi connectivity index (χ0) is 13.1. The second-order valence-corrected chi connectivity index (χ2v) is 4.21. The van der Waals surface area contributed by atoms with Gasteiger partial charge in [-0.15, -0.1) is 6.58 Å². The highest BCUT2D eigenvalue weighted by molar-refractivity contribution is 5.65. The zero-order valence-corrected chi connectivity index (χ0v) is 10.4. The van der Waals surface area contributed by atoms with E-state index in [1.165, 1.54) is 0 Å². The summed E-state index contributed by atoms with van der Waals surface area (Å²) >= 11 is 0. The molecule has 0 saturated carbocycles. The van der Waals surface area contributed by atoms with Gasteiger partial charge in [0.15, 0.2) is 12.0 Å². The first-order valence-corrected chi connectivity index (χ1v) is 6.12. The van der Waals surface area contributed by atoms with Crippen molar-refractivity contribution in [3.63, 3.8) is 0 Å². The molecule has 0 saturated heterocycles. The van der Waals surface area contributed by atoms with E-state index in [0.29, 0.717) is 11.5 Å². The van der Waals surface area contributed by atoms with E-state index in [2.05, 4.69) is 16.6 Å². The molecule has 0 fully saturated rings. The van der Waals surface area contributed by atoms with Crippen LogP contribution in [0.5, 0.6) is 0 Å². The SMILES string of the molecule is C=CCC1OC(c2ccno2)=CN1c1ccccc1. The molecule has 1 aromatic carbocycles. The standard InChI is InChI=1S/C15H14N2O2/c1-2-6-15-17(12-7-4-3-5-8-12)11-14(18-15)13-9-10-16-19-13/h2-5,7-11,15H,1,6H2. The molecule has 1 aliphatic heterocycles. The first kappa shape index (κ1) is 11.6. The van der Waals surface area contributed by atoms with Crippen molar-refractivity contribution in [1.29, 1.82) is 0 Å². The maximum absolute atomic E-state index is 5.90. The summed E-state index contributed by atoms with van der Waals surface area (Å²) < 4.78 is 11.0. The second kappa shape index (κ2) is 5.02.